The Hall–Kier alpha value is -1.02. The van der Waals surface area contributed by atoms with Crippen LogP contribution in [0.4, 0.5) is 0 Å². The highest BCUT2D eigenvalue weighted by atomic mass is 16.5. The number of para-hydroxylation sites is 1. The van der Waals surface area contributed by atoms with Crippen LogP contribution < -0.4 is 10.1 Å². The molecule has 106 valence electrons. The van der Waals surface area contributed by atoms with Gasteiger partial charge in [-0.2, -0.15) is 0 Å². The molecule has 19 heavy (non-hydrogen) atoms. The summed E-state index contributed by atoms with van der Waals surface area (Å²) in [7, 11) is 0. The van der Waals surface area contributed by atoms with E-state index in [1.807, 2.05) is 0 Å². The lowest BCUT2D eigenvalue weighted by atomic mass is 9.88. The molecule has 2 unspecified atom stereocenters. The fraction of sp³-hybridized carbons (Fsp3) is 0.647. The lowest BCUT2D eigenvalue weighted by Crippen LogP contribution is -2.47. The normalized spacial score (nSPS) is 19.3. The van der Waals surface area contributed by atoms with Crippen LogP contribution in [0.3, 0.4) is 0 Å². The van der Waals surface area contributed by atoms with E-state index in [0.29, 0.717) is 18.1 Å². The van der Waals surface area contributed by atoms with Crippen LogP contribution in [0, 0.1) is 5.92 Å². The summed E-state index contributed by atoms with van der Waals surface area (Å²) in [5.74, 6) is 1.78. The zero-order valence-corrected chi connectivity index (χ0v) is 12.5. The maximum absolute atomic E-state index is 6.19. The first-order valence-electron chi connectivity index (χ1n) is 7.78. The molecule has 0 spiro atoms. The Morgan fingerprint density at radius 3 is 2.58 bits per heavy atom. The van der Waals surface area contributed by atoms with Crippen LogP contribution in [0.25, 0.3) is 0 Å². The van der Waals surface area contributed by atoms with E-state index in [1.54, 1.807) is 0 Å². The Morgan fingerprint density at radius 2 is 1.95 bits per heavy atom. The van der Waals surface area contributed by atoms with Gasteiger partial charge in [0, 0.05) is 12.5 Å². The highest BCUT2D eigenvalue weighted by molar-refractivity contribution is 5.37. The Labute approximate surface area is 117 Å². The van der Waals surface area contributed by atoms with Crippen LogP contribution >= 0.6 is 0 Å². The van der Waals surface area contributed by atoms with Crippen molar-refractivity contribution in [2.24, 2.45) is 5.92 Å². The van der Waals surface area contributed by atoms with Crippen LogP contribution in [0.5, 0.6) is 5.75 Å². The third kappa shape index (κ3) is 3.30. The third-order valence-corrected chi connectivity index (χ3v) is 4.26. The minimum atomic E-state index is 0.300. The lowest BCUT2D eigenvalue weighted by Gasteiger charge is -2.31. The average molecular weight is 261 g/mol. The second-order valence-electron chi connectivity index (χ2n) is 5.52. The van der Waals surface area contributed by atoms with E-state index >= 15 is 0 Å². The van der Waals surface area contributed by atoms with Crippen molar-refractivity contribution < 1.29 is 4.74 Å². The predicted molar refractivity (Wildman–Crippen MR) is 80.7 cm³/mol. The van der Waals surface area contributed by atoms with Crippen molar-refractivity contribution in [1.29, 1.82) is 0 Å². The number of benzene rings is 1. The van der Waals surface area contributed by atoms with Gasteiger partial charge in [0.15, 0.2) is 0 Å². The van der Waals surface area contributed by atoms with Gasteiger partial charge in [0.1, 0.15) is 11.9 Å². The molecule has 2 heteroatoms. The standard InChI is InChI=1S/C17H27NO/c1-4-11-18-17(13(5-2)6-3)16-12-14-9-7-8-10-15(14)19-16/h7-10,13,16-18H,4-6,11-12H2,1-3H3. The smallest absolute Gasteiger partial charge is 0.123 e. The molecule has 0 bridgehead atoms. The van der Waals surface area contributed by atoms with E-state index in [4.69, 9.17) is 4.74 Å². The molecule has 0 aliphatic carbocycles. The Kier molecular flexibility index (Phi) is 5.26. The van der Waals surface area contributed by atoms with Crippen molar-refractivity contribution in [3.8, 4) is 5.75 Å². The fourth-order valence-electron chi connectivity index (χ4n) is 3.12. The number of rotatable bonds is 7. The van der Waals surface area contributed by atoms with Crippen molar-refractivity contribution in [3.63, 3.8) is 0 Å². The molecule has 0 aromatic heterocycles. The summed E-state index contributed by atoms with van der Waals surface area (Å²) in [4.78, 5) is 0. The second-order valence-corrected chi connectivity index (χ2v) is 5.52. The van der Waals surface area contributed by atoms with Crippen LogP contribution in [0.1, 0.15) is 45.6 Å². The van der Waals surface area contributed by atoms with E-state index in [-0.39, 0.29) is 0 Å². The first-order chi connectivity index (χ1) is 9.30. The zero-order chi connectivity index (χ0) is 13.7. The summed E-state index contributed by atoms with van der Waals surface area (Å²) in [6.45, 7) is 7.88. The zero-order valence-electron chi connectivity index (χ0n) is 12.5. The number of fused-ring (bicyclic) bond motifs is 1. The highest BCUT2D eigenvalue weighted by Gasteiger charge is 2.33. The van der Waals surface area contributed by atoms with Crippen molar-refractivity contribution in [3.05, 3.63) is 29.8 Å². The summed E-state index contributed by atoms with van der Waals surface area (Å²) in [6.07, 6.45) is 4.96. The summed E-state index contributed by atoms with van der Waals surface area (Å²) >= 11 is 0. The molecule has 2 rings (SSSR count). The molecule has 1 N–H and O–H groups in total. The molecule has 0 radical (unpaired) electrons. The van der Waals surface area contributed by atoms with Gasteiger partial charge in [-0.3, -0.25) is 0 Å². The Balaban J connectivity index is 2.08. The first kappa shape index (κ1) is 14.4. The van der Waals surface area contributed by atoms with Gasteiger partial charge in [0.2, 0.25) is 0 Å². The SMILES string of the molecule is CCCNC(C(CC)CC)C1Cc2ccccc2O1. The maximum Gasteiger partial charge on any atom is 0.123 e. The lowest BCUT2D eigenvalue weighted by molar-refractivity contribution is 0.135. The van der Waals surface area contributed by atoms with Crippen LogP contribution in [0.2, 0.25) is 0 Å². The Bertz CT molecular complexity index is 362. The maximum atomic E-state index is 6.19. The molecule has 1 aliphatic heterocycles. The van der Waals surface area contributed by atoms with Crippen LogP contribution in [-0.2, 0) is 6.42 Å². The van der Waals surface area contributed by atoms with E-state index < -0.39 is 0 Å². The van der Waals surface area contributed by atoms with Crippen LogP contribution in [0.15, 0.2) is 24.3 Å². The molecule has 2 atom stereocenters. The van der Waals surface area contributed by atoms with Crippen LogP contribution in [-0.4, -0.2) is 18.7 Å². The average Bonchev–Trinajstić information content (AvgIpc) is 2.87. The first-order valence-corrected chi connectivity index (χ1v) is 7.78. The predicted octanol–water partition coefficient (Wildman–Crippen LogP) is 3.79. The molecular weight excluding hydrogens is 234 g/mol. The molecule has 1 heterocycles. The summed E-state index contributed by atoms with van der Waals surface area (Å²) in [6, 6.07) is 8.93. The third-order valence-electron chi connectivity index (χ3n) is 4.26. The molecule has 1 aromatic rings. The molecule has 1 aromatic carbocycles. The Morgan fingerprint density at radius 1 is 1.21 bits per heavy atom. The van der Waals surface area contributed by atoms with Gasteiger partial charge in [-0.15, -0.1) is 0 Å². The number of hydrogen-bond donors (Lipinski definition) is 1. The number of nitrogens with one attached hydrogen (secondary N) is 1. The van der Waals surface area contributed by atoms with Crippen molar-refractivity contribution in [2.45, 2.75) is 58.6 Å². The van der Waals surface area contributed by atoms with E-state index in [9.17, 15) is 0 Å². The molecular formula is C17H27NO. The molecule has 0 saturated heterocycles. The topological polar surface area (TPSA) is 21.3 Å². The molecule has 0 fully saturated rings. The van der Waals surface area contributed by atoms with Gasteiger partial charge < -0.3 is 10.1 Å². The van der Waals surface area contributed by atoms with Gasteiger partial charge >= 0.3 is 0 Å². The monoisotopic (exact) mass is 261 g/mol. The van der Waals surface area contributed by atoms with E-state index in [1.165, 1.54) is 24.8 Å². The molecule has 0 saturated carbocycles. The minimum absolute atomic E-state index is 0.300. The van der Waals surface area contributed by atoms with Gasteiger partial charge in [-0.1, -0.05) is 51.8 Å². The minimum Gasteiger partial charge on any atom is -0.488 e. The summed E-state index contributed by atoms with van der Waals surface area (Å²) < 4.78 is 6.19. The summed E-state index contributed by atoms with van der Waals surface area (Å²) in [5, 5.41) is 3.72. The largest absolute Gasteiger partial charge is 0.488 e. The van der Waals surface area contributed by atoms with Gasteiger partial charge in [-0.25, -0.2) is 0 Å². The van der Waals surface area contributed by atoms with Gasteiger partial charge in [-0.05, 0) is 30.5 Å². The van der Waals surface area contributed by atoms with Crippen molar-refractivity contribution in [2.75, 3.05) is 6.54 Å². The van der Waals surface area contributed by atoms with Crippen molar-refractivity contribution in [1.82, 2.24) is 5.32 Å². The second kappa shape index (κ2) is 6.95. The van der Waals surface area contributed by atoms with E-state index in [2.05, 4.69) is 50.4 Å². The number of ether oxygens (including phenoxy) is 1. The molecule has 1 aliphatic rings. The number of hydrogen-bond acceptors (Lipinski definition) is 2. The molecule has 0 amide bonds. The quantitative estimate of drug-likeness (QED) is 0.806. The highest BCUT2D eigenvalue weighted by Crippen LogP contribution is 2.32. The van der Waals surface area contributed by atoms with Gasteiger partial charge in [0.05, 0.1) is 0 Å². The molecule has 2 nitrogen and oxygen atoms in total. The van der Waals surface area contributed by atoms with E-state index in [0.717, 1.165) is 18.7 Å². The summed E-state index contributed by atoms with van der Waals surface area (Å²) in [5.41, 5.74) is 1.36. The fourth-order valence-corrected chi connectivity index (χ4v) is 3.12. The van der Waals surface area contributed by atoms with Gasteiger partial charge in [0.25, 0.3) is 0 Å². The van der Waals surface area contributed by atoms with Crippen molar-refractivity contribution >= 4 is 0 Å².